The average molecular weight is 316 g/mol. The molecule has 0 bridgehead atoms. The summed E-state index contributed by atoms with van der Waals surface area (Å²) in [4.78, 5) is 0. The minimum atomic E-state index is -0.972. The van der Waals surface area contributed by atoms with Crippen LogP contribution < -0.4 is 0 Å². The standard InChI is InChI=1S/C17H32O5/c1-2-3-4-5-6-7-8-9-10-11-21-17-14(19)13-22-15(12-18)16(17)20/h2-3,14-20H,4-13H2,1H3/b3-2+/t14-,15+,16+,17+/m1/s1. The zero-order valence-electron chi connectivity index (χ0n) is 13.7. The topological polar surface area (TPSA) is 79.2 Å². The molecular weight excluding hydrogens is 284 g/mol. The van der Waals surface area contributed by atoms with Crippen molar-refractivity contribution in [2.45, 2.75) is 76.3 Å². The highest BCUT2D eigenvalue weighted by atomic mass is 16.6. The fourth-order valence-electron chi connectivity index (χ4n) is 2.68. The van der Waals surface area contributed by atoms with Gasteiger partial charge in [-0.1, -0.05) is 37.8 Å². The van der Waals surface area contributed by atoms with Gasteiger partial charge >= 0.3 is 0 Å². The minimum absolute atomic E-state index is 0.0964. The summed E-state index contributed by atoms with van der Waals surface area (Å²) in [6.07, 6.45) is 9.33. The lowest BCUT2D eigenvalue weighted by atomic mass is 10.0. The molecule has 0 saturated carbocycles. The van der Waals surface area contributed by atoms with Crippen LogP contribution in [0.15, 0.2) is 12.2 Å². The van der Waals surface area contributed by atoms with Crippen LogP contribution in [0.3, 0.4) is 0 Å². The van der Waals surface area contributed by atoms with E-state index in [9.17, 15) is 10.2 Å². The van der Waals surface area contributed by atoms with Gasteiger partial charge in [-0.05, 0) is 26.2 Å². The first-order chi connectivity index (χ1) is 10.7. The molecular formula is C17H32O5. The maximum atomic E-state index is 9.97. The average Bonchev–Trinajstić information content (AvgIpc) is 2.52. The Kier molecular flexibility index (Phi) is 10.7. The second kappa shape index (κ2) is 12.0. The molecule has 0 spiro atoms. The highest BCUT2D eigenvalue weighted by molar-refractivity contribution is 4.87. The SMILES string of the molecule is C/C=C/CCCCCCCCO[C@@H]1[C@@H](O)[C@H](CO)OC[C@H]1O. The molecule has 0 amide bonds. The van der Waals surface area contributed by atoms with Gasteiger partial charge in [-0.3, -0.25) is 0 Å². The molecule has 1 fully saturated rings. The van der Waals surface area contributed by atoms with Crippen LogP contribution in [0.5, 0.6) is 0 Å². The quantitative estimate of drug-likeness (QED) is 0.400. The maximum Gasteiger partial charge on any atom is 0.114 e. The van der Waals surface area contributed by atoms with E-state index in [0.717, 1.165) is 12.8 Å². The van der Waals surface area contributed by atoms with E-state index in [1.807, 2.05) is 0 Å². The van der Waals surface area contributed by atoms with E-state index in [-0.39, 0.29) is 13.2 Å². The molecule has 1 aliphatic rings. The molecule has 4 atom stereocenters. The highest BCUT2D eigenvalue weighted by Crippen LogP contribution is 2.19. The van der Waals surface area contributed by atoms with Crippen molar-refractivity contribution in [3.05, 3.63) is 12.2 Å². The monoisotopic (exact) mass is 316 g/mol. The van der Waals surface area contributed by atoms with Gasteiger partial charge in [-0.25, -0.2) is 0 Å². The second-order valence-electron chi connectivity index (χ2n) is 5.93. The Hall–Kier alpha value is -0.460. The molecule has 0 radical (unpaired) electrons. The second-order valence-corrected chi connectivity index (χ2v) is 5.93. The summed E-state index contributed by atoms with van der Waals surface area (Å²) in [5.41, 5.74) is 0. The lowest BCUT2D eigenvalue weighted by molar-refractivity contribution is -0.210. The summed E-state index contributed by atoms with van der Waals surface area (Å²) in [6.45, 7) is 2.41. The van der Waals surface area contributed by atoms with Crippen LogP contribution in [0.25, 0.3) is 0 Å². The molecule has 0 unspecified atom stereocenters. The summed E-state index contributed by atoms with van der Waals surface area (Å²) < 4.78 is 10.7. The number of hydrogen-bond donors (Lipinski definition) is 3. The molecule has 0 aromatic carbocycles. The number of ether oxygens (including phenoxy) is 2. The fraction of sp³-hybridized carbons (Fsp3) is 0.882. The van der Waals surface area contributed by atoms with E-state index in [4.69, 9.17) is 14.6 Å². The molecule has 0 aromatic heterocycles. The van der Waals surface area contributed by atoms with Crippen molar-refractivity contribution in [1.29, 1.82) is 0 Å². The fourth-order valence-corrected chi connectivity index (χ4v) is 2.68. The van der Waals surface area contributed by atoms with E-state index >= 15 is 0 Å². The van der Waals surface area contributed by atoms with E-state index in [2.05, 4.69) is 19.1 Å². The molecule has 1 heterocycles. The minimum Gasteiger partial charge on any atom is -0.394 e. The Morgan fingerprint density at radius 1 is 1.09 bits per heavy atom. The Balaban J connectivity index is 2.03. The molecule has 1 saturated heterocycles. The van der Waals surface area contributed by atoms with Gasteiger partial charge in [0.05, 0.1) is 13.2 Å². The predicted octanol–water partition coefficient (Wildman–Crippen LogP) is 1.79. The van der Waals surface area contributed by atoms with Crippen LogP contribution in [-0.2, 0) is 9.47 Å². The first-order valence-electron chi connectivity index (χ1n) is 8.52. The summed E-state index contributed by atoms with van der Waals surface area (Å²) in [6, 6.07) is 0. The first-order valence-corrected chi connectivity index (χ1v) is 8.52. The smallest absolute Gasteiger partial charge is 0.114 e. The molecule has 0 aliphatic carbocycles. The molecule has 5 nitrogen and oxygen atoms in total. The van der Waals surface area contributed by atoms with E-state index in [1.165, 1.54) is 32.1 Å². The van der Waals surface area contributed by atoms with Gasteiger partial charge in [0, 0.05) is 6.61 Å². The number of hydrogen-bond acceptors (Lipinski definition) is 5. The van der Waals surface area contributed by atoms with Crippen LogP contribution in [-0.4, -0.2) is 59.6 Å². The number of aliphatic hydroxyl groups excluding tert-OH is 3. The first kappa shape index (κ1) is 19.6. The number of allylic oxidation sites excluding steroid dienone is 2. The summed E-state index contributed by atoms with van der Waals surface area (Å²) in [5.74, 6) is 0. The number of rotatable bonds is 11. The third-order valence-electron chi connectivity index (χ3n) is 4.07. The lowest BCUT2D eigenvalue weighted by Crippen LogP contribution is -2.55. The number of unbranched alkanes of at least 4 members (excludes halogenated alkanes) is 6. The summed E-state index contributed by atoms with van der Waals surface area (Å²) in [5, 5.41) is 28.9. The molecule has 0 aromatic rings. The molecule has 1 aliphatic heterocycles. The van der Waals surface area contributed by atoms with Gasteiger partial charge in [0.2, 0.25) is 0 Å². The van der Waals surface area contributed by atoms with Crippen LogP contribution >= 0.6 is 0 Å². The van der Waals surface area contributed by atoms with Gasteiger partial charge in [-0.2, -0.15) is 0 Å². The highest BCUT2D eigenvalue weighted by Gasteiger charge is 2.38. The summed E-state index contributed by atoms with van der Waals surface area (Å²) >= 11 is 0. The van der Waals surface area contributed by atoms with Crippen LogP contribution in [0.2, 0.25) is 0 Å². The van der Waals surface area contributed by atoms with Gasteiger partial charge in [0.25, 0.3) is 0 Å². The Bertz CT molecular complexity index is 295. The van der Waals surface area contributed by atoms with Crippen molar-refractivity contribution in [1.82, 2.24) is 0 Å². The Morgan fingerprint density at radius 3 is 2.45 bits per heavy atom. The van der Waals surface area contributed by atoms with Crippen molar-refractivity contribution in [3.8, 4) is 0 Å². The predicted molar refractivity (Wildman–Crippen MR) is 85.7 cm³/mol. The third-order valence-corrected chi connectivity index (χ3v) is 4.07. The Labute approximate surface area is 133 Å². The van der Waals surface area contributed by atoms with Crippen molar-refractivity contribution >= 4 is 0 Å². The third kappa shape index (κ3) is 7.20. The van der Waals surface area contributed by atoms with Crippen molar-refractivity contribution in [3.63, 3.8) is 0 Å². The van der Waals surface area contributed by atoms with Crippen molar-refractivity contribution in [2.75, 3.05) is 19.8 Å². The molecule has 22 heavy (non-hydrogen) atoms. The van der Waals surface area contributed by atoms with Crippen molar-refractivity contribution < 1.29 is 24.8 Å². The zero-order chi connectivity index (χ0) is 16.2. The van der Waals surface area contributed by atoms with E-state index in [1.54, 1.807) is 0 Å². The molecule has 1 rings (SSSR count). The number of aliphatic hydroxyl groups is 3. The molecule has 3 N–H and O–H groups in total. The van der Waals surface area contributed by atoms with Crippen LogP contribution in [0.4, 0.5) is 0 Å². The van der Waals surface area contributed by atoms with Crippen LogP contribution in [0.1, 0.15) is 51.9 Å². The normalized spacial score (nSPS) is 29.3. The largest absolute Gasteiger partial charge is 0.394 e. The Morgan fingerprint density at radius 2 is 1.77 bits per heavy atom. The summed E-state index contributed by atoms with van der Waals surface area (Å²) in [7, 11) is 0. The van der Waals surface area contributed by atoms with E-state index < -0.39 is 24.4 Å². The molecule has 5 heteroatoms. The lowest BCUT2D eigenvalue weighted by Gasteiger charge is -2.37. The van der Waals surface area contributed by atoms with Crippen molar-refractivity contribution in [2.24, 2.45) is 0 Å². The van der Waals surface area contributed by atoms with Gasteiger partial charge < -0.3 is 24.8 Å². The maximum absolute atomic E-state index is 9.97. The zero-order valence-corrected chi connectivity index (χ0v) is 13.7. The van der Waals surface area contributed by atoms with Gasteiger partial charge in [0.15, 0.2) is 0 Å². The van der Waals surface area contributed by atoms with Gasteiger partial charge in [-0.15, -0.1) is 0 Å². The van der Waals surface area contributed by atoms with Gasteiger partial charge in [0.1, 0.15) is 24.4 Å². The van der Waals surface area contributed by atoms with E-state index in [0.29, 0.717) is 6.61 Å². The van der Waals surface area contributed by atoms with Crippen LogP contribution in [0, 0.1) is 0 Å². The molecule has 130 valence electrons.